The highest BCUT2D eigenvalue weighted by molar-refractivity contribution is 7.91. The smallest absolute Gasteiger partial charge is 0.227 e. The lowest BCUT2D eigenvalue weighted by molar-refractivity contribution is 0.568. The quantitative estimate of drug-likeness (QED) is 0.704. The van der Waals surface area contributed by atoms with Crippen LogP contribution in [0, 0.1) is 0 Å². The van der Waals surface area contributed by atoms with E-state index in [9.17, 15) is 8.42 Å². The average molecular weight is 256 g/mol. The number of allylic oxidation sites excluding steroid dienone is 2. The van der Waals surface area contributed by atoms with E-state index < -0.39 is 9.84 Å². The fourth-order valence-electron chi connectivity index (χ4n) is 1.53. The van der Waals surface area contributed by atoms with Gasteiger partial charge in [0.05, 0.1) is 5.75 Å². The molecule has 0 aliphatic carbocycles. The van der Waals surface area contributed by atoms with Crippen molar-refractivity contribution in [1.29, 1.82) is 0 Å². The Bertz CT molecular complexity index is 461. The molecule has 0 aliphatic heterocycles. The first-order chi connectivity index (χ1) is 8.11. The first kappa shape index (κ1) is 14.0. The van der Waals surface area contributed by atoms with Gasteiger partial charge in [-0.25, -0.2) is 13.4 Å². The molecule has 0 radical (unpaired) electrons. The van der Waals surface area contributed by atoms with Crippen molar-refractivity contribution in [2.24, 2.45) is 0 Å². The van der Waals surface area contributed by atoms with Gasteiger partial charge in [0.1, 0.15) is 0 Å². The molecule has 0 aromatic carbocycles. The van der Waals surface area contributed by atoms with Gasteiger partial charge in [-0.3, -0.25) is 0 Å². The van der Waals surface area contributed by atoms with Crippen LogP contribution in [0.1, 0.15) is 33.1 Å². The summed E-state index contributed by atoms with van der Waals surface area (Å²) in [7, 11) is -3.25. The fourth-order valence-corrected chi connectivity index (χ4v) is 2.93. The van der Waals surface area contributed by atoms with Crippen molar-refractivity contribution in [3.63, 3.8) is 0 Å². The molecule has 0 aliphatic rings. The van der Waals surface area contributed by atoms with Gasteiger partial charge in [-0.1, -0.05) is 25.5 Å². The summed E-state index contributed by atoms with van der Waals surface area (Å²) in [6.45, 7) is 4.63. The maximum Gasteiger partial charge on any atom is 0.227 e. The van der Waals surface area contributed by atoms with E-state index in [4.69, 9.17) is 0 Å². The fraction of sp³-hybridized carbons (Fsp3) is 0.583. The minimum atomic E-state index is -3.25. The monoisotopic (exact) mass is 256 g/mol. The van der Waals surface area contributed by atoms with Crippen molar-refractivity contribution >= 4 is 9.84 Å². The van der Waals surface area contributed by atoms with Crippen molar-refractivity contribution in [3.05, 3.63) is 24.5 Å². The molecular formula is C12H20N2O2S. The molecule has 1 rings (SSSR count). The molecule has 1 aromatic heterocycles. The zero-order valence-corrected chi connectivity index (χ0v) is 11.3. The molecule has 0 spiro atoms. The first-order valence-corrected chi connectivity index (χ1v) is 7.66. The summed E-state index contributed by atoms with van der Waals surface area (Å²) >= 11 is 0. The number of unbranched alkanes of at least 4 members (excludes halogenated alkanes) is 1. The number of hydrogen-bond acceptors (Lipinski definition) is 3. The van der Waals surface area contributed by atoms with Gasteiger partial charge in [0.2, 0.25) is 15.0 Å². The Labute approximate surface area is 103 Å². The Morgan fingerprint density at radius 1 is 1.29 bits per heavy atom. The Balaban J connectivity index is 2.63. The number of nitrogens with zero attached hydrogens (tertiary/aromatic N) is 2. The van der Waals surface area contributed by atoms with E-state index in [1.165, 1.54) is 6.20 Å². The number of aryl methyl sites for hydroxylation is 1. The standard InChI is InChI=1S/C12H20N2O2S/c1-3-5-6-7-8-11-17(15,16)12-13-9-10-14(12)4-2/h6-7,9-10H,3-5,8,11H2,1-2H3/b7-6+. The van der Waals surface area contributed by atoms with Crippen LogP contribution in [0.25, 0.3) is 0 Å². The summed E-state index contributed by atoms with van der Waals surface area (Å²) in [5.74, 6) is 0.129. The van der Waals surface area contributed by atoms with Crippen LogP contribution in [-0.4, -0.2) is 23.7 Å². The van der Waals surface area contributed by atoms with Crippen molar-refractivity contribution in [3.8, 4) is 0 Å². The van der Waals surface area contributed by atoms with Crippen molar-refractivity contribution in [1.82, 2.24) is 9.55 Å². The predicted octanol–water partition coefficient (Wildman–Crippen LogP) is 2.42. The van der Waals surface area contributed by atoms with Gasteiger partial charge in [-0.2, -0.15) is 0 Å². The van der Waals surface area contributed by atoms with Gasteiger partial charge >= 0.3 is 0 Å². The van der Waals surface area contributed by atoms with Gasteiger partial charge in [0.25, 0.3) is 0 Å². The van der Waals surface area contributed by atoms with E-state index in [-0.39, 0.29) is 10.9 Å². The van der Waals surface area contributed by atoms with Crippen LogP contribution >= 0.6 is 0 Å². The van der Waals surface area contributed by atoms with Crippen molar-refractivity contribution < 1.29 is 8.42 Å². The lowest BCUT2D eigenvalue weighted by Gasteiger charge is -2.04. The summed E-state index contributed by atoms with van der Waals surface area (Å²) in [5, 5.41) is 0.184. The molecule has 4 nitrogen and oxygen atoms in total. The lowest BCUT2D eigenvalue weighted by Crippen LogP contribution is -2.13. The number of hydrogen-bond donors (Lipinski definition) is 0. The summed E-state index contributed by atoms with van der Waals surface area (Å²) in [5.41, 5.74) is 0. The van der Waals surface area contributed by atoms with Crippen LogP contribution in [0.5, 0.6) is 0 Å². The average Bonchev–Trinajstić information content (AvgIpc) is 2.77. The van der Waals surface area contributed by atoms with E-state index in [0.29, 0.717) is 13.0 Å². The normalized spacial score (nSPS) is 12.4. The molecular weight excluding hydrogens is 236 g/mol. The third kappa shape index (κ3) is 4.00. The zero-order valence-electron chi connectivity index (χ0n) is 10.5. The highest BCUT2D eigenvalue weighted by Crippen LogP contribution is 2.10. The van der Waals surface area contributed by atoms with Gasteiger partial charge in [0, 0.05) is 18.9 Å². The molecule has 0 unspecified atom stereocenters. The van der Waals surface area contributed by atoms with Crippen LogP contribution in [-0.2, 0) is 16.4 Å². The molecule has 0 atom stereocenters. The van der Waals surface area contributed by atoms with Crippen molar-refractivity contribution in [2.45, 2.75) is 44.8 Å². The molecule has 5 heteroatoms. The van der Waals surface area contributed by atoms with Gasteiger partial charge in [-0.15, -0.1) is 0 Å². The highest BCUT2D eigenvalue weighted by Gasteiger charge is 2.18. The maximum atomic E-state index is 12.0. The molecule has 1 heterocycles. The third-order valence-electron chi connectivity index (χ3n) is 2.47. The van der Waals surface area contributed by atoms with Crippen LogP contribution in [0.3, 0.4) is 0 Å². The molecule has 0 N–H and O–H groups in total. The van der Waals surface area contributed by atoms with Gasteiger partial charge in [-0.05, 0) is 19.8 Å². The summed E-state index contributed by atoms with van der Waals surface area (Å²) in [6, 6.07) is 0. The van der Waals surface area contributed by atoms with Crippen LogP contribution in [0.15, 0.2) is 29.7 Å². The second-order valence-corrected chi connectivity index (χ2v) is 5.87. The molecule has 0 saturated carbocycles. The number of rotatable bonds is 7. The third-order valence-corrected chi connectivity index (χ3v) is 4.14. The maximum absolute atomic E-state index is 12.0. The second kappa shape index (κ2) is 6.59. The van der Waals surface area contributed by atoms with Crippen LogP contribution in [0.4, 0.5) is 0 Å². The van der Waals surface area contributed by atoms with E-state index >= 15 is 0 Å². The van der Waals surface area contributed by atoms with Gasteiger partial charge < -0.3 is 4.57 Å². The minimum Gasteiger partial charge on any atom is -0.322 e. The Morgan fingerprint density at radius 2 is 2.00 bits per heavy atom. The summed E-state index contributed by atoms with van der Waals surface area (Å²) in [6.07, 6.45) is 9.83. The zero-order chi connectivity index (χ0) is 12.7. The largest absolute Gasteiger partial charge is 0.322 e. The Kier molecular flexibility index (Phi) is 5.41. The van der Waals surface area contributed by atoms with E-state index in [0.717, 1.165) is 12.8 Å². The molecule has 0 fully saturated rings. The SMILES string of the molecule is CCC/C=C/CCS(=O)(=O)c1nccn1CC. The molecule has 0 bridgehead atoms. The predicted molar refractivity (Wildman–Crippen MR) is 68.6 cm³/mol. The lowest BCUT2D eigenvalue weighted by atomic mass is 10.3. The van der Waals surface area contributed by atoms with E-state index in [1.807, 2.05) is 19.1 Å². The van der Waals surface area contributed by atoms with E-state index in [1.54, 1.807) is 10.8 Å². The summed E-state index contributed by atoms with van der Waals surface area (Å²) < 4.78 is 25.6. The molecule has 1 aromatic rings. The van der Waals surface area contributed by atoms with Crippen LogP contribution < -0.4 is 0 Å². The van der Waals surface area contributed by atoms with E-state index in [2.05, 4.69) is 11.9 Å². The number of sulfone groups is 1. The number of imidazole rings is 1. The summed E-state index contributed by atoms with van der Waals surface area (Å²) in [4.78, 5) is 3.92. The van der Waals surface area contributed by atoms with Crippen LogP contribution in [0.2, 0.25) is 0 Å². The van der Waals surface area contributed by atoms with Gasteiger partial charge in [0.15, 0.2) is 0 Å². The Morgan fingerprint density at radius 3 is 2.65 bits per heavy atom. The Hall–Kier alpha value is -1.10. The molecule has 0 amide bonds. The highest BCUT2D eigenvalue weighted by atomic mass is 32.2. The second-order valence-electron chi connectivity index (χ2n) is 3.86. The first-order valence-electron chi connectivity index (χ1n) is 6.00. The molecule has 96 valence electrons. The van der Waals surface area contributed by atoms with Crippen molar-refractivity contribution in [2.75, 3.05) is 5.75 Å². The molecule has 0 saturated heterocycles. The number of aromatic nitrogens is 2. The molecule has 17 heavy (non-hydrogen) atoms. The topological polar surface area (TPSA) is 52.0 Å². The minimum absolute atomic E-state index is 0.129.